The van der Waals surface area contributed by atoms with E-state index in [9.17, 15) is 10.1 Å². The molecular formula is C9H13N5O3. The molecule has 17 heavy (non-hydrogen) atoms. The molecule has 1 aliphatic rings. The van der Waals surface area contributed by atoms with Crippen molar-refractivity contribution in [1.82, 2.24) is 9.97 Å². The molecule has 1 aromatic heterocycles. The number of nitrogen functional groups attached to an aromatic ring is 1. The molecule has 1 atom stereocenters. The Bertz CT molecular complexity index is 419. The Labute approximate surface area is 97.3 Å². The van der Waals surface area contributed by atoms with Gasteiger partial charge in [0.25, 0.3) is 0 Å². The van der Waals surface area contributed by atoms with Gasteiger partial charge in [0.15, 0.2) is 0 Å². The zero-order chi connectivity index (χ0) is 12.3. The largest absolute Gasteiger partial charge is 0.376 e. The van der Waals surface area contributed by atoms with E-state index in [-0.39, 0.29) is 23.6 Å². The summed E-state index contributed by atoms with van der Waals surface area (Å²) in [6.07, 6.45) is 3.13. The molecule has 3 N–H and O–H groups in total. The summed E-state index contributed by atoms with van der Waals surface area (Å²) in [7, 11) is 0. The van der Waals surface area contributed by atoms with E-state index in [0.29, 0.717) is 6.54 Å². The molecule has 8 nitrogen and oxygen atoms in total. The predicted molar refractivity (Wildman–Crippen MR) is 60.6 cm³/mol. The number of nitrogens with two attached hydrogens (primary N) is 1. The smallest absolute Gasteiger partial charge is 0.329 e. The molecule has 1 saturated heterocycles. The van der Waals surface area contributed by atoms with Crippen molar-refractivity contribution < 1.29 is 9.66 Å². The Morgan fingerprint density at radius 1 is 1.71 bits per heavy atom. The second-order valence-corrected chi connectivity index (χ2v) is 3.74. The average molecular weight is 239 g/mol. The summed E-state index contributed by atoms with van der Waals surface area (Å²) in [5.74, 6) is 0.142. The van der Waals surface area contributed by atoms with E-state index in [0.717, 1.165) is 25.6 Å². The fourth-order valence-corrected chi connectivity index (χ4v) is 1.67. The van der Waals surface area contributed by atoms with Gasteiger partial charge in [0.1, 0.15) is 6.20 Å². The van der Waals surface area contributed by atoms with Crippen LogP contribution in [0, 0.1) is 10.1 Å². The Morgan fingerprint density at radius 2 is 2.53 bits per heavy atom. The molecule has 0 amide bonds. The monoisotopic (exact) mass is 239 g/mol. The molecule has 1 unspecified atom stereocenters. The average Bonchev–Trinajstić information content (AvgIpc) is 2.78. The van der Waals surface area contributed by atoms with Gasteiger partial charge in [0.05, 0.1) is 11.0 Å². The normalized spacial score (nSPS) is 19.2. The Morgan fingerprint density at radius 3 is 3.18 bits per heavy atom. The van der Waals surface area contributed by atoms with Crippen LogP contribution in [0.25, 0.3) is 0 Å². The number of nitrogens with zero attached hydrogens (tertiary/aromatic N) is 3. The molecule has 2 heterocycles. The second-order valence-electron chi connectivity index (χ2n) is 3.74. The van der Waals surface area contributed by atoms with E-state index in [1.807, 2.05) is 0 Å². The number of ether oxygens (including phenoxy) is 1. The van der Waals surface area contributed by atoms with Gasteiger partial charge in [0, 0.05) is 13.2 Å². The number of rotatable bonds is 4. The summed E-state index contributed by atoms with van der Waals surface area (Å²) in [6.45, 7) is 1.22. The first kappa shape index (κ1) is 11.5. The third-order valence-electron chi connectivity index (χ3n) is 2.51. The molecule has 1 aliphatic heterocycles. The van der Waals surface area contributed by atoms with Gasteiger partial charge >= 0.3 is 5.69 Å². The van der Waals surface area contributed by atoms with Crippen LogP contribution >= 0.6 is 0 Å². The van der Waals surface area contributed by atoms with Crippen molar-refractivity contribution >= 4 is 17.5 Å². The molecular weight excluding hydrogens is 226 g/mol. The molecule has 0 saturated carbocycles. The van der Waals surface area contributed by atoms with Gasteiger partial charge in [0.2, 0.25) is 11.8 Å². The molecule has 0 bridgehead atoms. The van der Waals surface area contributed by atoms with E-state index >= 15 is 0 Å². The van der Waals surface area contributed by atoms with Crippen LogP contribution in [0.3, 0.4) is 0 Å². The lowest BCUT2D eigenvalue weighted by atomic mass is 10.2. The van der Waals surface area contributed by atoms with E-state index in [2.05, 4.69) is 15.3 Å². The van der Waals surface area contributed by atoms with Crippen molar-refractivity contribution in [3.05, 3.63) is 16.3 Å². The molecule has 92 valence electrons. The predicted octanol–water partition coefficient (Wildman–Crippen LogP) is 0.558. The first-order chi connectivity index (χ1) is 8.16. The van der Waals surface area contributed by atoms with Gasteiger partial charge < -0.3 is 15.8 Å². The molecule has 2 rings (SSSR count). The number of hydrogen-bond acceptors (Lipinski definition) is 7. The fraction of sp³-hybridized carbons (Fsp3) is 0.556. The summed E-state index contributed by atoms with van der Waals surface area (Å²) in [4.78, 5) is 17.6. The van der Waals surface area contributed by atoms with Crippen molar-refractivity contribution in [3.63, 3.8) is 0 Å². The van der Waals surface area contributed by atoms with Crippen molar-refractivity contribution in [2.75, 3.05) is 24.2 Å². The van der Waals surface area contributed by atoms with Crippen molar-refractivity contribution in [2.45, 2.75) is 18.9 Å². The minimum Gasteiger partial charge on any atom is -0.376 e. The van der Waals surface area contributed by atoms with Crippen LogP contribution in [-0.4, -0.2) is 34.1 Å². The summed E-state index contributed by atoms with van der Waals surface area (Å²) >= 11 is 0. The highest BCUT2D eigenvalue weighted by Crippen LogP contribution is 2.22. The highest BCUT2D eigenvalue weighted by molar-refractivity contribution is 5.56. The number of aromatic nitrogens is 2. The van der Waals surface area contributed by atoms with Crippen LogP contribution in [0.4, 0.5) is 17.5 Å². The third kappa shape index (κ3) is 2.78. The van der Waals surface area contributed by atoms with E-state index in [1.54, 1.807) is 0 Å². The zero-order valence-electron chi connectivity index (χ0n) is 9.13. The number of hydrogen-bond donors (Lipinski definition) is 2. The highest BCUT2D eigenvalue weighted by atomic mass is 16.6. The van der Waals surface area contributed by atoms with Crippen LogP contribution in [0.5, 0.6) is 0 Å². The molecule has 0 aromatic carbocycles. The third-order valence-corrected chi connectivity index (χ3v) is 2.51. The van der Waals surface area contributed by atoms with Crippen LogP contribution in [0.2, 0.25) is 0 Å². The maximum atomic E-state index is 10.7. The maximum Gasteiger partial charge on any atom is 0.329 e. The van der Waals surface area contributed by atoms with Crippen LogP contribution < -0.4 is 11.1 Å². The van der Waals surface area contributed by atoms with Gasteiger partial charge in [-0.05, 0) is 12.8 Å². The number of anilines is 2. The summed E-state index contributed by atoms with van der Waals surface area (Å²) < 4.78 is 5.40. The Hall–Kier alpha value is -1.96. The Balaban J connectivity index is 2.07. The van der Waals surface area contributed by atoms with Crippen LogP contribution in [-0.2, 0) is 4.74 Å². The molecule has 1 fully saturated rings. The minimum absolute atomic E-state index is 0.00504. The summed E-state index contributed by atoms with van der Waals surface area (Å²) in [5, 5.41) is 13.6. The van der Waals surface area contributed by atoms with Crippen molar-refractivity contribution in [3.8, 4) is 0 Å². The van der Waals surface area contributed by atoms with E-state index < -0.39 is 4.92 Å². The lowest BCUT2D eigenvalue weighted by Gasteiger charge is -2.11. The number of nitro groups is 1. The van der Waals surface area contributed by atoms with Crippen molar-refractivity contribution in [2.24, 2.45) is 0 Å². The van der Waals surface area contributed by atoms with Gasteiger partial charge in [-0.15, -0.1) is 0 Å². The molecule has 0 radical (unpaired) electrons. The molecule has 0 aliphatic carbocycles. The van der Waals surface area contributed by atoms with Crippen molar-refractivity contribution in [1.29, 1.82) is 0 Å². The quantitative estimate of drug-likeness (QED) is 0.582. The zero-order valence-corrected chi connectivity index (χ0v) is 9.13. The fourth-order valence-electron chi connectivity index (χ4n) is 1.67. The van der Waals surface area contributed by atoms with Gasteiger partial charge in [-0.2, -0.15) is 4.98 Å². The first-order valence-corrected chi connectivity index (χ1v) is 5.29. The Kier molecular flexibility index (Phi) is 3.33. The summed E-state index contributed by atoms with van der Waals surface area (Å²) in [6, 6.07) is 0. The number of nitrogens with one attached hydrogen (secondary N) is 1. The molecule has 0 spiro atoms. The lowest BCUT2D eigenvalue weighted by molar-refractivity contribution is -0.384. The lowest BCUT2D eigenvalue weighted by Crippen LogP contribution is -2.20. The minimum atomic E-state index is -0.544. The summed E-state index contributed by atoms with van der Waals surface area (Å²) in [5.41, 5.74) is 5.21. The molecule has 8 heteroatoms. The van der Waals surface area contributed by atoms with Gasteiger partial charge in [-0.1, -0.05) is 0 Å². The topological polar surface area (TPSA) is 116 Å². The van der Waals surface area contributed by atoms with Crippen LogP contribution in [0.15, 0.2) is 6.20 Å². The van der Waals surface area contributed by atoms with Gasteiger partial charge in [-0.3, -0.25) is 10.1 Å². The van der Waals surface area contributed by atoms with Crippen LogP contribution in [0.1, 0.15) is 12.8 Å². The SMILES string of the molecule is Nc1ncc([N+](=O)[O-])c(NCC2CCCO2)n1. The maximum absolute atomic E-state index is 10.7. The molecule has 1 aromatic rings. The highest BCUT2D eigenvalue weighted by Gasteiger charge is 2.20. The first-order valence-electron chi connectivity index (χ1n) is 5.29. The van der Waals surface area contributed by atoms with Gasteiger partial charge in [-0.25, -0.2) is 4.98 Å². The van der Waals surface area contributed by atoms with E-state index in [1.165, 1.54) is 0 Å². The standard InChI is InChI=1S/C9H13N5O3/c10-9-12-5-7(14(15)16)8(13-9)11-4-6-2-1-3-17-6/h5-6H,1-4H2,(H3,10,11,12,13). The van der Waals surface area contributed by atoms with E-state index in [4.69, 9.17) is 10.5 Å². The second kappa shape index (κ2) is 4.91.